The first-order chi connectivity index (χ1) is 13.5. The summed E-state index contributed by atoms with van der Waals surface area (Å²) in [7, 11) is 0. The van der Waals surface area contributed by atoms with Gasteiger partial charge in [-0.25, -0.2) is 0 Å². The zero-order valence-electron chi connectivity index (χ0n) is 15.9. The second-order valence-electron chi connectivity index (χ2n) is 7.24. The number of amides is 1. The molecule has 4 rings (SSSR count). The van der Waals surface area contributed by atoms with Gasteiger partial charge in [-0.3, -0.25) is 9.59 Å². The molecule has 6 nitrogen and oxygen atoms in total. The minimum absolute atomic E-state index is 0.152. The van der Waals surface area contributed by atoms with Crippen LogP contribution in [0.5, 0.6) is 11.5 Å². The number of fused-ring (bicyclic) bond motifs is 2. The molecule has 2 N–H and O–H groups in total. The lowest BCUT2D eigenvalue weighted by atomic mass is 10.00. The minimum Gasteiger partial charge on any atom is -0.454 e. The van der Waals surface area contributed by atoms with Crippen LogP contribution in [0.25, 0.3) is 10.9 Å². The van der Waals surface area contributed by atoms with Crippen LogP contribution in [0.2, 0.25) is 0 Å². The summed E-state index contributed by atoms with van der Waals surface area (Å²) in [4.78, 5) is 27.6. The number of H-pyrrole nitrogens is 1. The van der Waals surface area contributed by atoms with Crippen LogP contribution in [-0.4, -0.2) is 17.7 Å². The van der Waals surface area contributed by atoms with Gasteiger partial charge in [0.1, 0.15) is 0 Å². The molecule has 144 valence electrons. The molecule has 0 spiro atoms. The standard InChI is InChI=1S/C22H22N2O4/c1-13(2)14-3-6-18-16(9-14)10-15(22(26)24-18)4-8-21(25)23-17-5-7-19-20(11-17)28-12-27-19/h3,5-7,9-11,13H,4,8,12H2,1-2H3,(H,23,25)(H,24,26). The highest BCUT2D eigenvalue weighted by Gasteiger charge is 2.14. The molecule has 1 aliphatic heterocycles. The Morgan fingerprint density at radius 3 is 2.75 bits per heavy atom. The fourth-order valence-electron chi connectivity index (χ4n) is 3.26. The van der Waals surface area contributed by atoms with Crippen LogP contribution in [0.4, 0.5) is 5.69 Å². The monoisotopic (exact) mass is 378 g/mol. The summed E-state index contributed by atoms with van der Waals surface area (Å²) in [5, 5.41) is 3.82. The molecule has 0 saturated heterocycles. The first-order valence-electron chi connectivity index (χ1n) is 9.35. The number of carbonyl (C=O) groups is 1. The van der Waals surface area contributed by atoms with Gasteiger partial charge in [-0.2, -0.15) is 0 Å². The third-order valence-corrected chi connectivity index (χ3v) is 4.89. The number of aromatic nitrogens is 1. The molecule has 2 aromatic carbocycles. The van der Waals surface area contributed by atoms with E-state index in [1.165, 1.54) is 5.56 Å². The summed E-state index contributed by atoms with van der Waals surface area (Å²) >= 11 is 0. The number of hydrogen-bond donors (Lipinski definition) is 2. The molecule has 0 saturated carbocycles. The van der Waals surface area contributed by atoms with Gasteiger partial charge in [-0.1, -0.05) is 19.9 Å². The molecule has 0 aliphatic carbocycles. The molecule has 2 heterocycles. The van der Waals surface area contributed by atoms with Gasteiger partial charge in [-0.15, -0.1) is 0 Å². The largest absolute Gasteiger partial charge is 0.454 e. The van der Waals surface area contributed by atoms with E-state index < -0.39 is 0 Å². The predicted molar refractivity (Wildman–Crippen MR) is 108 cm³/mol. The lowest BCUT2D eigenvalue weighted by molar-refractivity contribution is -0.116. The van der Waals surface area contributed by atoms with Gasteiger partial charge in [0.25, 0.3) is 5.56 Å². The molecule has 3 aromatic rings. The summed E-state index contributed by atoms with van der Waals surface area (Å²) in [6.07, 6.45) is 0.584. The number of nitrogens with one attached hydrogen (secondary N) is 2. The Hall–Kier alpha value is -3.28. The topological polar surface area (TPSA) is 80.4 Å². The van der Waals surface area contributed by atoms with Crippen molar-refractivity contribution in [3.8, 4) is 11.5 Å². The lowest BCUT2D eigenvalue weighted by Gasteiger charge is -2.09. The number of ether oxygens (including phenoxy) is 2. The molecule has 0 unspecified atom stereocenters. The van der Waals surface area contributed by atoms with Crippen LogP contribution < -0.4 is 20.3 Å². The van der Waals surface area contributed by atoms with Crippen molar-refractivity contribution in [3.63, 3.8) is 0 Å². The van der Waals surface area contributed by atoms with Gasteiger partial charge in [-0.05, 0) is 53.6 Å². The number of carbonyl (C=O) groups excluding carboxylic acids is 1. The molecular formula is C22H22N2O4. The highest BCUT2D eigenvalue weighted by Crippen LogP contribution is 2.34. The van der Waals surface area contributed by atoms with Crippen molar-refractivity contribution in [2.24, 2.45) is 0 Å². The van der Waals surface area contributed by atoms with Crippen molar-refractivity contribution in [2.75, 3.05) is 12.1 Å². The second-order valence-corrected chi connectivity index (χ2v) is 7.24. The summed E-state index contributed by atoms with van der Waals surface area (Å²) in [5.74, 6) is 1.53. The minimum atomic E-state index is -0.158. The normalized spacial score (nSPS) is 12.5. The van der Waals surface area contributed by atoms with Gasteiger partial charge in [0.2, 0.25) is 12.7 Å². The summed E-state index contributed by atoms with van der Waals surface area (Å²) in [5.41, 5.74) is 3.12. The van der Waals surface area contributed by atoms with E-state index in [0.717, 1.165) is 10.9 Å². The van der Waals surface area contributed by atoms with E-state index in [9.17, 15) is 9.59 Å². The zero-order chi connectivity index (χ0) is 19.7. The maximum Gasteiger partial charge on any atom is 0.251 e. The molecule has 1 aromatic heterocycles. The van der Waals surface area contributed by atoms with Gasteiger partial charge >= 0.3 is 0 Å². The highest BCUT2D eigenvalue weighted by atomic mass is 16.7. The predicted octanol–water partition coefficient (Wildman–Crippen LogP) is 3.95. The molecular weight excluding hydrogens is 356 g/mol. The first kappa shape index (κ1) is 18.1. The van der Waals surface area contributed by atoms with Gasteiger partial charge < -0.3 is 19.8 Å². The van der Waals surface area contributed by atoms with Crippen molar-refractivity contribution >= 4 is 22.5 Å². The average Bonchev–Trinajstić information content (AvgIpc) is 3.13. The van der Waals surface area contributed by atoms with Crippen LogP contribution in [0.3, 0.4) is 0 Å². The number of aromatic amines is 1. The maximum atomic E-state index is 12.3. The van der Waals surface area contributed by atoms with Crippen LogP contribution >= 0.6 is 0 Å². The molecule has 1 aliphatic rings. The maximum absolute atomic E-state index is 12.3. The third kappa shape index (κ3) is 3.71. The van der Waals surface area contributed by atoms with Gasteiger partial charge in [0.05, 0.1) is 0 Å². The van der Waals surface area contributed by atoms with E-state index in [1.807, 2.05) is 18.2 Å². The molecule has 0 fully saturated rings. The molecule has 6 heteroatoms. The Morgan fingerprint density at radius 2 is 1.93 bits per heavy atom. The molecule has 1 amide bonds. The quantitative estimate of drug-likeness (QED) is 0.704. The number of aryl methyl sites for hydroxylation is 1. The van der Waals surface area contributed by atoms with Gasteiger partial charge in [0, 0.05) is 29.3 Å². The average molecular weight is 378 g/mol. The number of pyridine rings is 1. The van der Waals surface area contributed by atoms with Crippen molar-refractivity contribution in [1.29, 1.82) is 0 Å². The fourth-order valence-corrected chi connectivity index (χ4v) is 3.26. The van der Waals surface area contributed by atoms with E-state index in [0.29, 0.717) is 35.1 Å². The van der Waals surface area contributed by atoms with Crippen molar-refractivity contribution in [1.82, 2.24) is 4.98 Å². The second kappa shape index (κ2) is 7.38. The molecule has 0 radical (unpaired) electrons. The fraction of sp³-hybridized carbons (Fsp3) is 0.273. The third-order valence-electron chi connectivity index (χ3n) is 4.89. The molecule has 28 heavy (non-hydrogen) atoms. The smallest absolute Gasteiger partial charge is 0.251 e. The van der Waals surface area contributed by atoms with E-state index in [2.05, 4.69) is 30.2 Å². The van der Waals surface area contributed by atoms with Crippen LogP contribution in [0.15, 0.2) is 47.3 Å². The van der Waals surface area contributed by atoms with E-state index in [4.69, 9.17) is 9.47 Å². The summed E-state index contributed by atoms with van der Waals surface area (Å²) in [6, 6.07) is 13.2. The molecule has 0 atom stereocenters. The van der Waals surface area contributed by atoms with Crippen molar-refractivity contribution in [2.45, 2.75) is 32.6 Å². The Labute approximate surface area is 162 Å². The Morgan fingerprint density at radius 1 is 1.11 bits per heavy atom. The van der Waals surface area contributed by atoms with Crippen LogP contribution in [-0.2, 0) is 11.2 Å². The van der Waals surface area contributed by atoms with Crippen molar-refractivity contribution < 1.29 is 14.3 Å². The highest BCUT2D eigenvalue weighted by molar-refractivity contribution is 5.91. The Balaban J connectivity index is 1.46. The zero-order valence-corrected chi connectivity index (χ0v) is 15.9. The van der Waals surface area contributed by atoms with Gasteiger partial charge in [0.15, 0.2) is 11.5 Å². The Kier molecular flexibility index (Phi) is 4.77. The SMILES string of the molecule is CC(C)c1ccc2[nH]c(=O)c(CCC(=O)Nc3ccc4c(c3)OCO4)cc2c1. The van der Waals surface area contributed by atoms with Crippen molar-refractivity contribution in [3.05, 3.63) is 63.9 Å². The summed E-state index contributed by atoms with van der Waals surface area (Å²) in [6.45, 7) is 4.46. The number of anilines is 1. The van der Waals surface area contributed by atoms with E-state index >= 15 is 0 Å². The molecule has 0 bridgehead atoms. The Bertz CT molecular complexity index is 1100. The first-order valence-corrected chi connectivity index (χ1v) is 9.35. The summed E-state index contributed by atoms with van der Waals surface area (Å²) < 4.78 is 10.6. The number of rotatable bonds is 5. The number of hydrogen-bond acceptors (Lipinski definition) is 4. The van der Waals surface area contributed by atoms with Crippen LogP contribution in [0.1, 0.15) is 37.3 Å². The van der Waals surface area contributed by atoms with E-state index in [-0.39, 0.29) is 24.7 Å². The number of benzene rings is 2. The van der Waals surface area contributed by atoms with E-state index in [1.54, 1.807) is 18.2 Å². The van der Waals surface area contributed by atoms with Crippen LogP contribution in [0, 0.1) is 0 Å². The lowest BCUT2D eigenvalue weighted by Crippen LogP contribution is -2.17.